The van der Waals surface area contributed by atoms with Crippen LogP contribution in [0.5, 0.6) is 0 Å². The van der Waals surface area contributed by atoms with Crippen LogP contribution in [-0.4, -0.2) is 54.1 Å². The van der Waals surface area contributed by atoms with Crippen LogP contribution in [0.15, 0.2) is 23.1 Å². The fraction of sp³-hybridized carbons (Fsp3) is 0.562. The van der Waals surface area contributed by atoms with Crippen molar-refractivity contribution in [2.75, 3.05) is 32.1 Å². The van der Waals surface area contributed by atoms with Gasteiger partial charge in [-0.1, -0.05) is 6.07 Å². The molecule has 21 heavy (non-hydrogen) atoms. The molecule has 0 radical (unpaired) electrons. The summed E-state index contributed by atoms with van der Waals surface area (Å²) >= 11 is 1.60. The van der Waals surface area contributed by atoms with Gasteiger partial charge in [0.1, 0.15) is 0 Å². The molecular weight excluding hydrogens is 286 g/mol. The van der Waals surface area contributed by atoms with Crippen molar-refractivity contribution in [2.24, 2.45) is 0 Å². The molecule has 5 heteroatoms. The SMILES string of the molecule is O=C(CSc1ccc2c(c1)CCC2)N1CCOC(CO)C1. The molecule has 1 N–H and O–H groups in total. The first-order valence-electron chi connectivity index (χ1n) is 7.51. The normalized spacial score (nSPS) is 21.4. The number of carbonyl (C=O) groups excluding carboxylic acids is 1. The Hall–Kier alpha value is -1.04. The molecule has 1 aliphatic carbocycles. The lowest BCUT2D eigenvalue weighted by atomic mass is 10.1. The van der Waals surface area contributed by atoms with Gasteiger partial charge in [-0.25, -0.2) is 0 Å². The number of amides is 1. The number of ether oxygens (including phenoxy) is 1. The van der Waals surface area contributed by atoms with E-state index < -0.39 is 0 Å². The van der Waals surface area contributed by atoms with Crippen molar-refractivity contribution in [1.29, 1.82) is 0 Å². The summed E-state index contributed by atoms with van der Waals surface area (Å²) in [5.41, 5.74) is 2.91. The largest absolute Gasteiger partial charge is 0.394 e. The number of nitrogens with zero attached hydrogens (tertiary/aromatic N) is 1. The number of morpholine rings is 1. The zero-order chi connectivity index (χ0) is 14.7. The molecule has 2 aliphatic rings. The van der Waals surface area contributed by atoms with Crippen LogP contribution in [-0.2, 0) is 22.4 Å². The average molecular weight is 307 g/mol. The lowest BCUT2D eigenvalue weighted by molar-refractivity contribution is -0.137. The number of thioether (sulfide) groups is 1. The lowest BCUT2D eigenvalue weighted by Gasteiger charge is -2.32. The molecule has 4 nitrogen and oxygen atoms in total. The van der Waals surface area contributed by atoms with Crippen molar-refractivity contribution >= 4 is 17.7 Å². The minimum Gasteiger partial charge on any atom is -0.394 e. The van der Waals surface area contributed by atoms with Gasteiger partial charge in [-0.2, -0.15) is 0 Å². The monoisotopic (exact) mass is 307 g/mol. The van der Waals surface area contributed by atoms with E-state index in [-0.39, 0.29) is 18.6 Å². The third kappa shape index (κ3) is 3.59. The minimum absolute atomic E-state index is 0.0260. The molecule has 1 fully saturated rings. The summed E-state index contributed by atoms with van der Waals surface area (Å²) in [6, 6.07) is 6.56. The molecule has 1 aliphatic heterocycles. The number of benzene rings is 1. The van der Waals surface area contributed by atoms with Gasteiger partial charge in [0.25, 0.3) is 0 Å². The van der Waals surface area contributed by atoms with E-state index in [1.54, 1.807) is 16.7 Å². The topological polar surface area (TPSA) is 49.8 Å². The number of fused-ring (bicyclic) bond motifs is 1. The predicted octanol–water partition coefficient (Wildman–Crippen LogP) is 1.49. The molecule has 1 saturated heterocycles. The second kappa shape index (κ2) is 6.81. The van der Waals surface area contributed by atoms with Gasteiger partial charge in [0, 0.05) is 18.0 Å². The summed E-state index contributed by atoms with van der Waals surface area (Å²) in [5, 5.41) is 9.12. The van der Waals surface area contributed by atoms with Crippen molar-refractivity contribution in [3.05, 3.63) is 29.3 Å². The number of hydrogen-bond acceptors (Lipinski definition) is 4. The molecule has 1 atom stereocenters. The molecule has 0 spiro atoms. The molecule has 1 aromatic rings. The van der Waals surface area contributed by atoms with Gasteiger partial charge in [0.2, 0.25) is 5.91 Å². The van der Waals surface area contributed by atoms with Crippen LogP contribution in [0.2, 0.25) is 0 Å². The second-order valence-corrected chi connectivity index (χ2v) is 6.64. The summed E-state index contributed by atoms with van der Waals surface area (Å²) < 4.78 is 5.37. The smallest absolute Gasteiger partial charge is 0.233 e. The second-order valence-electron chi connectivity index (χ2n) is 5.59. The van der Waals surface area contributed by atoms with Crippen LogP contribution < -0.4 is 0 Å². The van der Waals surface area contributed by atoms with Crippen molar-refractivity contribution < 1.29 is 14.6 Å². The van der Waals surface area contributed by atoms with E-state index in [1.165, 1.54) is 35.3 Å². The van der Waals surface area contributed by atoms with E-state index in [0.29, 0.717) is 25.4 Å². The first kappa shape index (κ1) is 14.9. The molecule has 1 heterocycles. The quantitative estimate of drug-likeness (QED) is 0.856. The molecule has 0 saturated carbocycles. The molecule has 0 aromatic heterocycles. The average Bonchev–Trinajstić information content (AvgIpc) is 3.00. The zero-order valence-corrected chi connectivity index (χ0v) is 12.9. The van der Waals surface area contributed by atoms with E-state index in [1.807, 2.05) is 0 Å². The van der Waals surface area contributed by atoms with Gasteiger partial charge < -0.3 is 14.7 Å². The predicted molar refractivity (Wildman–Crippen MR) is 82.6 cm³/mol. The Morgan fingerprint density at radius 3 is 3.10 bits per heavy atom. The van der Waals surface area contributed by atoms with Crippen LogP contribution >= 0.6 is 11.8 Å². The van der Waals surface area contributed by atoms with E-state index in [9.17, 15) is 4.79 Å². The minimum atomic E-state index is -0.229. The third-order valence-electron chi connectivity index (χ3n) is 4.13. The van der Waals surface area contributed by atoms with Crippen LogP contribution in [0.3, 0.4) is 0 Å². The number of aryl methyl sites for hydroxylation is 2. The zero-order valence-electron chi connectivity index (χ0n) is 12.1. The highest BCUT2D eigenvalue weighted by atomic mass is 32.2. The Morgan fingerprint density at radius 2 is 2.24 bits per heavy atom. The molecule has 114 valence electrons. The van der Waals surface area contributed by atoms with Gasteiger partial charge in [-0.3, -0.25) is 4.79 Å². The first-order valence-corrected chi connectivity index (χ1v) is 8.49. The molecular formula is C16H21NO3S. The van der Waals surface area contributed by atoms with Gasteiger partial charge >= 0.3 is 0 Å². The highest BCUT2D eigenvalue weighted by molar-refractivity contribution is 8.00. The number of carbonyl (C=O) groups is 1. The van der Waals surface area contributed by atoms with Crippen molar-refractivity contribution in [3.8, 4) is 0 Å². The van der Waals surface area contributed by atoms with Gasteiger partial charge in [-0.15, -0.1) is 11.8 Å². The van der Waals surface area contributed by atoms with Gasteiger partial charge in [0.05, 0.1) is 25.1 Å². The molecule has 1 unspecified atom stereocenters. The fourth-order valence-corrected chi connectivity index (χ4v) is 3.79. The van der Waals surface area contributed by atoms with Crippen molar-refractivity contribution in [1.82, 2.24) is 4.90 Å². The number of aliphatic hydroxyl groups excluding tert-OH is 1. The summed E-state index contributed by atoms with van der Waals surface area (Å²) in [4.78, 5) is 15.2. The highest BCUT2D eigenvalue weighted by Gasteiger charge is 2.23. The van der Waals surface area contributed by atoms with Crippen molar-refractivity contribution in [2.45, 2.75) is 30.3 Å². The summed E-state index contributed by atoms with van der Waals surface area (Å²) in [5.74, 6) is 0.582. The molecule has 3 rings (SSSR count). The maximum absolute atomic E-state index is 12.2. The molecule has 0 bridgehead atoms. The van der Waals surface area contributed by atoms with E-state index in [4.69, 9.17) is 9.84 Å². The Morgan fingerprint density at radius 1 is 1.38 bits per heavy atom. The maximum Gasteiger partial charge on any atom is 0.233 e. The number of hydrogen-bond donors (Lipinski definition) is 1. The number of rotatable bonds is 4. The van der Waals surface area contributed by atoms with E-state index in [2.05, 4.69) is 18.2 Å². The Bertz CT molecular complexity index is 520. The first-order chi connectivity index (χ1) is 10.3. The van der Waals surface area contributed by atoms with Crippen LogP contribution in [0.1, 0.15) is 17.5 Å². The molecule has 1 aromatic carbocycles. The molecule has 1 amide bonds. The number of aliphatic hydroxyl groups is 1. The third-order valence-corrected chi connectivity index (χ3v) is 5.11. The van der Waals surface area contributed by atoms with E-state index in [0.717, 1.165) is 0 Å². The van der Waals surface area contributed by atoms with Crippen LogP contribution in [0, 0.1) is 0 Å². The Labute approximate surface area is 129 Å². The Balaban J connectivity index is 1.53. The van der Waals surface area contributed by atoms with Crippen molar-refractivity contribution in [3.63, 3.8) is 0 Å². The lowest BCUT2D eigenvalue weighted by Crippen LogP contribution is -2.47. The van der Waals surface area contributed by atoms with Crippen LogP contribution in [0.4, 0.5) is 0 Å². The summed E-state index contributed by atoms with van der Waals surface area (Å²) in [6.45, 7) is 1.61. The standard InChI is InChI=1S/C16H21NO3S/c18-10-14-9-17(6-7-20-14)16(19)11-21-15-5-4-12-2-1-3-13(12)8-15/h4-5,8,14,18H,1-3,6-7,9-11H2. The fourth-order valence-electron chi connectivity index (χ4n) is 2.93. The Kier molecular flexibility index (Phi) is 4.83. The van der Waals surface area contributed by atoms with Crippen LogP contribution in [0.25, 0.3) is 0 Å². The highest BCUT2D eigenvalue weighted by Crippen LogP contribution is 2.27. The summed E-state index contributed by atoms with van der Waals surface area (Å²) in [7, 11) is 0. The van der Waals surface area contributed by atoms with E-state index >= 15 is 0 Å². The van der Waals surface area contributed by atoms with Gasteiger partial charge in [0.15, 0.2) is 0 Å². The van der Waals surface area contributed by atoms with Gasteiger partial charge in [-0.05, 0) is 42.5 Å². The maximum atomic E-state index is 12.2. The summed E-state index contributed by atoms with van der Waals surface area (Å²) in [6.07, 6.45) is 3.38.